The normalized spacial score (nSPS) is 20.7. The van der Waals surface area contributed by atoms with Crippen LogP contribution in [0, 0.1) is 20.8 Å². The molecular weight excluding hydrogens is 290 g/mol. The molecule has 122 valence electrons. The zero-order valence-corrected chi connectivity index (χ0v) is 14.0. The van der Waals surface area contributed by atoms with Crippen LogP contribution in [-0.2, 0) is 7.05 Å². The molecule has 0 radical (unpaired) electrons. The minimum absolute atomic E-state index is 0.103. The maximum atomic E-state index is 12.2. The van der Waals surface area contributed by atoms with Crippen LogP contribution >= 0.6 is 0 Å². The second-order valence-electron chi connectivity index (χ2n) is 6.30. The highest BCUT2D eigenvalue weighted by Gasteiger charge is 2.27. The number of carbonyl (C=O) groups excluding carboxylic acids is 1. The Hall–Kier alpha value is -2.18. The Morgan fingerprint density at radius 2 is 1.96 bits per heavy atom. The molecule has 2 unspecified atom stereocenters. The van der Waals surface area contributed by atoms with E-state index >= 15 is 0 Å². The Morgan fingerprint density at radius 1 is 1.22 bits per heavy atom. The highest BCUT2D eigenvalue weighted by molar-refractivity contribution is 5.93. The number of carbonyl (C=O) groups is 1. The van der Waals surface area contributed by atoms with Gasteiger partial charge in [-0.1, -0.05) is 12.1 Å². The van der Waals surface area contributed by atoms with E-state index in [1.165, 1.54) is 22.3 Å². The second-order valence-corrected chi connectivity index (χ2v) is 6.30. The van der Waals surface area contributed by atoms with Gasteiger partial charge in [0.25, 0.3) is 5.91 Å². The summed E-state index contributed by atoms with van der Waals surface area (Å²) in [6, 6.07) is 4.64. The van der Waals surface area contributed by atoms with Crippen LogP contribution in [0.25, 0.3) is 0 Å². The van der Waals surface area contributed by atoms with Crippen molar-refractivity contribution >= 4 is 5.91 Å². The average Bonchev–Trinajstić information content (AvgIpc) is 3.12. The Labute approximate surface area is 136 Å². The lowest BCUT2D eigenvalue weighted by molar-refractivity contribution is 0.0932. The minimum atomic E-state index is -0.116. The van der Waals surface area contributed by atoms with Gasteiger partial charge >= 0.3 is 0 Å². The third-order valence-electron chi connectivity index (χ3n) is 4.43. The van der Waals surface area contributed by atoms with E-state index < -0.39 is 0 Å². The molecule has 1 fully saturated rings. The van der Waals surface area contributed by atoms with Gasteiger partial charge in [0.15, 0.2) is 0 Å². The third-order valence-corrected chi connectivity index (χ3v) is 4.43. The van der Waals surface area contributed by atoms with Gasteiger partial charge in [-0.3, -0.25) is 9.48 Å². The fourth-order valence-electron chi connectivity index (χ4n) is 2.99. The first-order valence-corrected chi connectivity index (χ1v) is 7.82. The van der Waals surface area contributed by atoms with Gasteiger partial charge in [0.1, 0.15) is 0 Å². The monoisotopic (exact) mass is 313 g/mol. The first kappa shape index (κ1) is 15.7. The van der Waals surface area contributed by atoms with Gasteiger partial charge < -0.3 is 5.32 Å². The van der Waals surface area contributed by atoms with Crippen LogP contribution in [0.15, 0.2) is 24.5 Å². The highest BCUT2D eigenvalue weighted by Crippen LogP contribution is 2.26. The quantitative estimate of drug-likeness (QED) is 0.805. The topological polar surface area (TPSA) is 71.0 Å². The van der Waals surface area contributed by atoms with Gasteiger partial charge in [-0.15, -0.1) is 0 Å². The molecule has 1 aliphatic rings. The number of nitrogens with one attached hydrogen (secondary N) is 3. The molecule has 1 amide bonds. The summed E-state index contributed by atoms with van der Waals surface area (Å²) in [6.07, 6.45) is 3.98. The Kier molecular flexibility index (Phi) is 4.19. The van der Waals surface area contributed by atoms with E-state index in [-0.39, 0.29) is 18.1 Å². The number of aryl methyl sites for hydroxylation is 4. The molecule has 3 rings (SSSR count). The van der Waals surface area contributed by atoms with Gasteiger partial charge in [0.05, 0.1) is 17.9 Å². The third kappa shape index (κ3) is 3.28. The maximum absolute atomic E-state index is 12.2. The predicted octanol–water partition coefficient (Wildman–Crippen LogP) is 1.64. The van der Waals surface area contributed by atoms with E-state index in [0.717, 1.165) is 6.42 Å². The molecule has 23 heavy (non-hydrogen) atoms. The van der Waals surface area contributed by atoms with E-state index in [2.05, 4.69) is 54.2 Å². The van der Waals surface area contributed by atoms with E-state index in [0.29, 0.717) is 5.56 Å². The zero-order valence-electron chi connectivity index (χ0n) is 14.0. The first-order chi connectivity index (χ1) is 10.9. The smallest absolute Gasteiger partial charge is 0.255 e. The summed E-state index contributed by atoms with van der Waals surface area (Å²) in [5.41, 5.74) is 12.2. The molecule has 1 aliphatic heterocycles. The lowest BCUT2D eigenvalue weighted by Crippen LogP contribution is -2.44. The SMILES string of the molecule is Cc1cc(C)c(C2CC(NC(=O)c3cnn(C)c3)NN2)cc1C. The highest BCUT2D eigenvalue weighted by atomic mass is 16.2. The fourth-order valence-corrected chi connectivity index (χ4v) is 2.99. The molecule has 2 aromatic rings. The lowest BCUT2D eigenvalue weighted by Gasteiger charge is -2.15. The summed E-state index contributed by atoms with van der Waals surface area (Å²) in [6.45, 7) is 6.39. The Bertz CT molecular complexity index is 737. The van der Waals surface area contributed by atoms with Crippen molar-refractivity contribution in [1.29, 1.82) is 0 Å². The van der Waals surface area contributed by atoms with Crippen LogP contribution < -0.4 is 16.2 Å². The molecular formula is C17H23N5O. The molecule has 6 heteroatoms. The van der Waals surface area contributed by atoms with Crippen molar-refractivity contribution in [3.05, 3.63) is 52.3 Å². The molecule has 3 N–H and O–H groups in total. The molecule has 2 heterocycles. The van der Waals surface area contributed by atoms with Crippen molar-refractivity contribution in [1.82, 2.24) is 25.9 Å². The van der Waals surface area contributed by atoms with E-state index in [1.807, 2.05) is 0 Å². The summed E-state index contributed by atoms with van der Waals surface area (Å²) in [4.78, 5) is 12.2. The van der Waals surface area contributed by atoms with Crippen LogP contribution in [0.4, 0.5) is 0 Å². The van der Waals surface area contributed by atoms with Crippen LogP contribution in [0.3, 0.4) is 0 Å². The average molecular weight is 313 g/mol. The van der Waals surface area contributed by atoms with Crippen molar-refractivity contribution in [3.8, 4) is 0 Å². The van der Waals surface area contributed by atoms with Gasteiger partial charge in [-0.05, 0) is 43.0 Å². The number of hydrogen-bond donors (Lipinski definition) is 3. The predicted molar refractivity (Wildman–Crippen MR) is 88.7 cm³/mol. The fraction of sp³-hybridized carbons (Fsp3) is 0.412. The molecule has 1 aromatic heterocycles. The van der Waals surface area contributed by atoms with E-state index in [4.69, 9.17) is 0 Å². The van der Waals surface area contributed by atoms with Crippen molar-refractivity contribution < 1.29 is 4.79 Å². The molecule has 0 saturated carbocycles. The standard InChI is InChI=1S/C17H23N5O/c1-10-5-12(3)14(6-11(10)2)15-7-16(21-20-15)19-17(23)13-8-18-22(4)9-13/h5-6,8-9,15-16,20-21H,7H2,1-4H3,(H,19,23). The summed E-state index contributed by atoms with van der Waals surface area (Å²) < 4.78 is 1.62. The van der Waals surface area contributed by atoms with Gasteiger partial charge in [-0.2, -0.15) is 5.10 Å². The summed E-state index contributed by atoms with van der Waals surface area (Å²) >= 11 is 0. The van der Waals surface area contributed by atoms with Crippen LogP contribution in [0.2, 0.25) is 0 Å². The van der Waals surface area contributed by atoms with Crippen molar-refractivity contribution in [2.24, 2.45) is 7.05 Å². The van der Waals surface area contributed by atoms with Crippen LogP contribution in [0.1, 0.15) is 45.1 Å². The Morgan fingerprint density at radius 3 is 2.65 bits per heavy atom. The number of hydrogen-bond acceptors (Lipinski definition) is 4. The van der Waals surface area contributed by atoms with Crippen LogP contribution in [-0.4, -0.2) is 21.9 Å². The molecule has 0 aliphatic carbocycles. The number of nitrogens with zero attached hydrogens (tertiary/aromatic N) is 2. The number of aromatic nitrogens is 2. The van der Waals surface area contributed by atoms with Gasteiger partial charge in [-0.25, -0.2) is 10.9 Å². The van der Waals surface area contributed by atoms with Crippen molar-refractivity contribution in [2.75, 3.05) is 0 Å². The maximum Gasteiger partial charge on any atom is 0.255 e. The van der Waals surface area contributed by atoms with E-state index in [9.17, 15) is 4.79 Å². The summed E-state index contributed by atoms with van der Waals surface area (Å²) in [7, 11) is 1.80. The first-order valence-electron chi connectivity index (χ1n) is 7.82. The van der Waals surface area contributed by atoms with Crippen LogP contribution in [0.5, 0.6) is 0 Å². The minimum Gasteiger partial charge on any atom is -0.335 e. The summed E-state index contributed by atoms with van der Waals surface area (Å²) in [5.74, 6) is -0.116. The second kappa shape index (κ2) is 6.14. The lowest BCUT2D eigenvalue weighted by atomic mass is 9.94. The Balaban J connectivity index is 1.67. The molecule has 2 atom stereocenters. The molecule has 0 spiro atoms. The summed E-state index contributed by atoms with van der Waals surface area (Å²) in [5, 5.41) is 7.01. The van der Waals surface area contributed by atoms with Crippen molar-refractivity contribution in [3.63, 3.8) is 0 Å². The number of benzene rings is 1. The number of amides is 1. The molecule has 6 nitrogen and oxygen atoms in total. The molecule has 0 bridgehead atoms. The number of hydrazine groups is 1. The largest absolute Gasteiger partial charge is 0.335 e. The van der Waals surface area contributed by atoms with Gasteiger partial charge in [0, 0.05) is 25.7 Å². The van der Waals surface area contributed by atoms with Crippen molar-refractivity contribution in [2.45, 2.75) is 39.4 Å². The number of rotatable bonds is 3. The molecule has 1 saturated heterocycles. The zero-order chi connectivity index (χ0) is 16.6. The van der Waals surface area contributed by atoms with E-state index in [1.54, 1.807) is 24.1 Å². The molecule has 1 aromatic carbocycles. The van der Waals surface area contributed by atoms with Gasteiger partial charge in [0.2, 0.25) is 0 Å².